The summed E-state index contributed by atoms with van der Waals surface area (Å²) in [6, 6.07) is 24.6. The van der Waals surface area contributed by atoms with E-state index in [2.05, 4.69) is 10.3 Å². The van der Waals surface area contributed by atoms with Crippen LogP contribution in [0.25, 0.3) is 10.9 Å². The molecule has 0 atom stereocenters. The summed E-state index contributed by atoms with van der Waals surface area (Å²) in [5.41, 5.74) is 10.7. The highest BCUT2D eigenvalue weighted by molar-refractivity contribution is 6.06. The average Bonchev–Trinajstić information content (AvgIpc) is 2.75. The molecule has 5 heteroatoms. The van der Waals surface area contributed by atoms with E-state index in [0.717, 1.165) is 27.9 Å². The van der Waals surface area contributed by atoms with Crippen LogP contribution in [-0.2, 0) is 6.42 Å². The fourth-order valence-electron chi connectivity index (χ4n) is 3.42. The smallest absolute Gasteiger partial charge is 0.255 e. The van der Waals surface area contributed by atoms with Gasteiger partial charge in [-0.25, -0.2) is 0 Å². The van der Waals surface area contributed by atoms with Gasteiger partial charge in [0.25, 0.3) is 5.91 Å². The second-order valence-electron chi connectivity index (χ2n) is 7.11. The van der Waals surface area contributed by atoms with Crippen molar-refractivity contribution in [1.82, 2.24) is 4.98 Å². The summed E-state index contributed by atoms with van der Waals surface area (Å²) in [5.74, 6) is 0.653. The Morgan fingerprint density at radius 2 is 1.77 bits per heavy atom. The molecule has 4 aromatic rings. The first-order chi connectivity index (χ1) is 14.6. The Bertz CT molecular complexity index is 1190. The minimum Gasteiger partial charge on any atom is -0.493 e. The SMILES string of the molecule is Cc1cc(N)c2cc(NC(=O)c3ccccc3CCOc3ccccc3)ccc2n1. The number of ether oxygens (including phenoxy) is 1. The number of carbonyl (C=O) groups is 1. The van der Waals surface area contributed by atoms with E-state index in [9.17, 15) is 4.79 Å². The van der Waals surface area contributed by atoms with Crippen molar-refractivity contribution in [3.63, 3.8) is 0 Å². The second kappa shape index (κ2) is 8.66. The molecule has 0 aliphatic heterocycles. The number of benzene rings is 3. The van der Waals surface area contributed by atoms with Gasteiger partial charge in [-0.2, -0.15) is 0 Å². The molecule has 4 rings (SSSR count). The van der Waals surface area contributed by atoms with Gasteiger partial charge < -0.3 is 15.8 Å². The molecule has 150 valence electrons. The standard InChI is InChI=1S/C25H23N3O2/c1-17-15-23(26)22-16-19(11-12-24(22)27-17)28-25(29)21-10-6-5-7-18(21)13-14-30-20-8-3-2-4-9-20/h2-12,15-16H,13-14H2,1H3,(H2,26,27)(H,28,29). The van der Waals surface area contributed by atoms with Crippen molar-refractivity contribution in [2.45, 2.75) is 13.3 Å². The van der Waals surface area contributed by atoms with E-state index in [1.54, 1.807) is 0 Å². The van der Waals surface area contributed by atoms with E-state index in [1.165, 1.54) is 0 Å². The van der Waals surface area contributed by atoms with Crippen molar-refractivity contribution >= 4 is 28.2 Å². The molecule has 0 aliphatic rings. The Hall–Kier alpha value is -3.86. The molecule has 1 heterocycles. The summed E-state index contributed by atoms with van der Waals surface area (Å²) >= 11 is 0. The molecule has 0 saturated heterocycles. The summed E-state index contributed by atoms with van der Waals surface area (Å²) in [6.07, 6.45) is 0.631. The van der Waals surface area contributed by atoms with Crippen LogP contribution in [0.2, 0.25) is 0 Å². The Morgan fingerprint density at radius 3 is 2.60 bits per heavy atom. The quantitative estimate of drug-likeness (QED) is 0.480. The highest BCUT2D eigenvalue weighted by Crippen LogP contribution is 2.24. The summed E-state index contributed by atoms with van der Waals surface area (Å²) in [6.45, 7) is 2.40. The highest BCUT2D eigenvalue weighted by atomic mass is 16.5. The first kappa shape index (κ1) is 19.5. The third-order valence-corrected chi connectivity index (χ3v) is 4.87. The van der Waals surface area contributed by atoms with Gasteiger partial charge >= 0.3 is 0 Å². The van der Waals surface area contributed by atoms with E-state index in [4.69, 9.17) is 10.5 Å². The number of hydrogen-bond donors (Lipinski definition) is 2. The number of carbonyl (C=O) groups excluding carboxylic acids is 1. The van der Waals surface area contributed by atoms with Crippen molar-refractivity contribution in [2.24, 2.45) is 0 Å². The van der Waals surface area contributed by atoms with Gasteiger partial charge in [0.1, 0.15) is 5.75 Å². The predicted molar refractivity (Wildman–Crippen MR) is 121 cm³/mol. The third-order valence-electron chi connectivity index (χ3n) is 4.87. The van der Waals surface area contributed by atoms with Crippen LogP contribution in [0, 0.1) is 6.92 Å². The maximum Gasteiger partial charge on any atom is 0.255 e. The number of anilines is 2. The van der Waals surface area contributed by atoms with Crippen LogP contribution in [-0.4, -0.2) is 17.5 Å². The van der Waals surface area contributed by atoms with E-state index in [0.29, 0.717) is 30.0 Å². The number of hydrogen-bond acceptors (Lipinski definition) is 4. The molecule has 0 spiro atoms. The number of nitrogen functional groups attached to an aromatic ring is 1. The van der Waals surface area contributed by atoms with Gasteiger partial charge in [0, 0.05) is 34.4 Å². The lowest BCUT2D eigenvalue weighted by atomic mass is 10.0. The van der Waals surface area contributed by atoms with Gasteiger partial charge in [-0.05, 0) is 55.0 Å². The number of para-hydroxylation sites is 1. The molecule has 3 N–H and O–H groups in total. The number of nitrogens with one attached hydrogen (secondary N) is 1. The molecule has 1 aromatic heterocycles. The number of pyridine rings is 1. The lowest BCUT2D eigenvalue weighted by Gasteiger charge is -2.12. The van der Waals surface area contributed by atoms with Crippen LogP contribution in [0.4, 0.5) is 11.4 Å². The largest absolute Gasteiger partial charge is 0.493 e. The van der Waals surface area contributed by atoms with Gasteiger partial charge in [0.05, 0.1) is 12.1 Å². The van der Waals surface area contributed by atoms with Crippen LogP contribution in [0.15, 0.2) is 78.9 Å². The molecule has 0 aliphatic carbocycles. The Morgan fingerprint density at radius 1 is 1.00 bits per heavy atom. The number of fused-ring (bicyclic) bond motifs is 1. The molecule has 3 aromatic carbocycles. The van der Waals surface area contributed by atoms with Crippen LogP contribution >= 0.6 is 0 Å². The van der Waals surface area contributed by atoms with Crippen molar-refractivity contribution < 1.29 is 9.53 Å². The molecule has 0 saturated carbocycles. The van der Waals surface area contributed by atoms with Crippen molar-refractivity contribution in [1.29, 1.82) is 0 Å². The lowest BCUT2D eigenvalue weighted by molar-refractivity contribution is 0.102. The highest BCUT2D eigenvalue weighted by Gasteiger charge is 2.12. The normalized spacial score (nSPS) is 10.7. The Balaban J connectivity index is 1.49. The van der Waals surface area contributed by atoms with Crippen LogP contribution in [0.1, 0.15) is 21.6 Å². The van der Waals surface area contributed by atoms with Crippen molar-refractivity contribution in [2.75, 3.05) is 17.7 Å². The maximum atomic E-state index is 12.9. The maximum absolute atomic E-state index is 12.9. The molecule has 30 heavy (non-hydrogen) atoms. The zero-order valence-electron chi connectivity index (χ0n) is 16.8. The van der Waals surface area contributed by atoms with E-state index in [-0.39, 0.29) is 5.91 Å². The molecule has 1 amide bonds. The molecular formula is C25H23N3O2. The lowest BCUT2D eigenvalue weighted by Crippen LogP contribution is -2.15. The number of aryl methyl sites for hydroxylation is 1. The number of amides is 1. The molecular weight excluding hydrogens is 374 g/mol. The molecule has 0 radical (unpaired) electrons. The predicted octanol–water partition coefficient (Wildman–Crippen LogP) is 5.00. The van der Waals surface area contributed by atoms with E-state index in [1.807, 2.05) is 85.8 Å². The van der Waals surface area contributed by atoms with Crippen LogP contribution in [0.3, 0.4) is 0 Å². The van der Waals surface area contributed by atoms with Gasteiger partial charge in [-0.15, -0.1) is 0 Å². The summed E-state index contributed by atoms with van der Waals surface area (Å²) in [7, 11) is 0. The van der Waals surface area contributed by atoms with Crippen LogP contribution < -0.4 is 15.8 Å². The number of rotatable bonds is 6. The Kier molecular flexibility index (Phi) is 5.61. The number of nitrogens with two attached hydrogens (primary N) is 1. The second-order valence-corrected chi connectivity index (χ2v) is 7.11. The minimum atomic E-state index is -0.164. The fraction of sp³-hybridized carbons (Fsp3) is 0.120. The van der Waals surface area contributed by atoms with Gasteiger partial charge in [-0.1, -0.05) is 36.4 Å². The topological polar surface area (TPSA) is 77.2 Å². The average molecular weight is 397 g/mol. The zero-order valence-corrected chi connectivity index (χ0v) is 16.8. The summed E-state index contributed by atoms with van der Waals surface area (Å²) < 4.78 is 5.78. The van der Waals surface area contributed by atoms with Crippen molar-refractivity contribution in [3.05, 3.63) is 95.7 Å². The fourth-order valence-corrected chi connectivity index (χ4v) is 3.42. The van der Waals surface area contributed by atoms with Gasteiger partial charge in [0.15, 0.2) is 0 Å². The minimum absolute atomic E-state index is 0.164. The zero-order chi connectivity index (χ0) is 20.9. The molecule has 5 nitrogen and oxygen atoms in total. The van der Waals surface area contributed by atoms with Crippen molar-refractivity contribution in [3.8, 4) is 5.75 Å². The van der Waals surface area contributed by atoms with Crippen LogP contribution in [0.5, 0.6) is 5.75 Å². The number of aromatic nitrogens is 1. The summed E-state index contributed by atoms with van der Waals surface area (Å²) in [4.78, 5) is 17.4. The third kappa shape index (κ3) is 4.41. The first-order valence-corrected chi connectivity index (χ1v) is 9.84. The van der Waals surface area contributed by atoms with Gasteiger partial charge in [0.2, 0.25) is 0 Å². The first-order valence-electron chi connectivity index (χ1n) is 9.84. The summed E-state index contributed by atoms with van der Waals surface area (Å²) in [5, 5.41) is 3.80. The molecule has 0 unspecified atom stereocenters. The number of nitrogens with zero attached hydrogens (tertiary/aromatic N) is 1. The molecule has 0 bridgehead atoms. The van der Waals surface area contributed by atoms with E-state index >= 15 is 0 Å². The molecule has 0 fully saturated rings. The van der Waals surface area contributed by atoms with Gasteiger partial charge in [-0.3, -0.25) is 9.78 Å². The van der Waals surface area contributed by atoms with E-state index < -0.39 is 0 Å². The Labute approximate surface area is 175 Å². The monoisotopic (exact) mass is 397 g/mol.